The van der Waals surface area contributed by atoms with Crippen LogP contribution in [-0.4, -0.2) is 16.2 Å². The molecule has 0 atom stereocenters. The summed E-state index contributed by atoms with van der Waals surface area (Å²) in [7, 11) is 0. The van der Waals surface area contributed by atoms with Crippen molar-refractivity contribution < 1.29 is 4.74 Å². The molecule has 7 heteroatoms. The predicted octanol–water partition coefficient (Wildman–Crippen LogP) is 8.98. The molecule has 0 N–H and O–H groups in total. The van der Waals surface area contributed by atoms with Crippen LogP contribution in [0.2, 0.25) is 10.0 Å². The minimum atomic E-state index is -0.383. The van der Waals surface area contributed by atoms with Crippen LogP contribution in [0.4, 0.5) is 0 Å². The maximum atomic E-state index is 9.88. The first kappa shape index (κ1) is 28.5. The zero-order valence-corrected chi connectivity index (χ0v) is 23.9. The number of nitrogens with zero attached hydrogens (tertiary/aromatic N) is 3. The quantitative estimate of drug-likeness (QED) is 0.170. The van der Waals surface area contributed by atoms with Crippen molar-refractivity contribution in [1.82, 2.24) is 9.97 Å². The number of nitriles is 1. The van der Waals surface area contributed by atoms with E-state index in [0.29, 0.717) is 27.8 Å². The Balaban J connectivity index is 0.00000186. The lowest BCUT2D eigenvalue weighted by molar-refractivity contribution is 0.300. The van der Waals surface area contributed by atoms with Crippen LogP contribution in [0, 0.1) is 11.3 Å². The molecule has 0 spiro atoms. The van der Waals surface area contributed by atoms with E-state index < -0.39 is 0 Å². The monoisotopic (exact) mass is 549 g/mol. The van der Waals surface area contributed by atoms with Gasteiger partial charge in [0.2, 0.25) is 0 Å². The third-order valence-electron chi connectivity index (χ3n) is 5.90. The van der Waals surface area contributed by atoms with Gasteiger partial charge in [-0.15, -0.1) is 0 Å². The Morgan fingerprint density at radius 3 is 2.24 bits per heavy atom. The number of hydrogen-bond acceptors (Lipinski definition) is 5. The summed E-state index contributed by atoms with van der Waals surface area (Å²) in [4.78, 5) is 8.63. The minimum absolute atomic E-state index is 0.367. The molecule has 4 aromatic rings. The van der Waals surface area contributed by atoms with Gasteiger partial charge in [-0.25, -0.2) is 9.97 Å². The van der Waals surface area contributed by atoms with E-state index in [-0.39, 0.29) is 5.41 Å². The van der Waals surface area contributed by atoms with E-state index in [1.807, 2.05) is 74.7 Å². The Kier molecular flexibility index (Phi) is 10.00. The molecule has 0 fully saturated rings. The van der Waals surface area contributed by atoms with Gasteiger partial charge in [-0.2, -0.15) is 5.26 Å². The van der Waals surface area contributed by atoms with E-state index >= 15 is 0 Å². The maximum absolute atomic E-state index is 9.88. The van der Waals surface area contributed by atoms with Crippen LogP contribution in [0.25, 0.3) is 11.1 Å². The molecular weight excluding hydrogens is 521 g/mol. The van der Waals surface area contributed by atoms with Gasteiger partial charge in [-0.1, -0.05) is 86.9 Å². The van der Waals surface area contributed by atoms with Crippen molar-refractivity contribution in [2.24, 2.45) is 0 Å². The third-order valence-corrected chi connectivity index (χ3v) is 7.01. The first-order valence-corrected chi connectivity index (χ1v) is 13.9. The molecule has 0 saturated carbocycles. The molecule has 0 saturated heterocycles. The molecule has 1 aromatic heterocycles. The highest BCUT2D eigenvalue weighted by atomic mass is 35.5. The average Bonchev–Trinajstić information content (AvgIpc) is 2.93. The Hall–Kier alpha value is -3.04. The number of halogens is 2. The molecule has 0 aliphatic heterocycles. The van der Waals surface area contributed by atoms with Gasteiger partial charge >= 0.3 is 0 Å². The van der Waals surface area contributed by atoms with E-state index in [0.717, 1.165) is 33.3 Å². The molecule has 37 heavy (non-hydrogen) atoms. The van der Waals surface area contributed by atoms with E-state index in [1.165, 1.54) is 11.8 Å². The lowest BCUT2D eigenvalue weighted by Crippen LogP contribution is -2.19. The Bertz CT molecular complexity index is 1380. The molecule has 4 nitrogen and oxygen atoms in total. The normalized spacial score (nSPS) is 10.8. The summed E-state index contributed by atoms with van der Waals surface area (Å²) in [5.41, 5.74) is 4.57. The molecule has 0 amide bonds. The van der Waals surface area contributed by atoms with Crippen LogP contribution >= 0.6 is 35.0 Å². The summed E-state index contributed by atoms with van der Waals surface area (Å²) < 4.78 is 5.92. The number of aromatic nitrogens is 2. The SMILES string of the molecule is CC.CSc1nccc(COc2ccc(C(C)(C)c3cc(Cl)c(-c4ccc(Cl)cc4)c(C#N)c3)cc2)n1. The number of benzene rings is 3. The second-order valence-corrected chi connectivity index (χ2v) is 10.1. The molecule has 0 unspecified atom stereocenters. The first-order valence-electron chi connectivity index (χ1n) is 11.9. The minimum Gasteiger partial charge on any atom is -0.487 e. The van der Waals surface area contributed by atoms with Crippen molar-refractivity contribution in [3.8, 4) is 22.9 Å². The van der Waals surface area contributed by atoms with Gasteiger partial charge in [0.25, 0.3) is 0 Å². The zero-order chi connectivity index (χ0) is 27.0. The van der Waals surface area contributed by atoms with Crippen molar-refractivity contribution in [1.29, 1.82) is 5.26 Å². The van der Waals surface area contributed by atoms with Crippen molar-refractivity contribution in [2.75, 3.05) is 6.26 Å². The smallest absolute Gasteiger partial charge is 0.187 e. The van der Waals surface area contributed by atoms with Crippen LogP contribution in [0.1, 0.15) is 50.1 Å². The number of ether oxygens (including phenoxy) is 1. The fraction of sp³-hybridized carbons (Fsp3) is 0.233. The molecule has 0 radical (unpaired) electrons. The van der Waals surface area contributed by atoms with E-state index in [2.05, 4.69) is 29.9 Å². The first-order chi connectivity index (χ1) is 17.8. The van der Waals surface area contributed by atoms with Crippen LogP contribution in [0.15, 0.2) is 78.1 Å². The van der Waals surface area contributed by atoms with Gasteiger partial charge in [0.1, 0.15) is 12.4 Å². The molecule has 190 valence electrons. The molecule has 3 aromatic carbocycles. The average molecular weight is 551 g/mol. The number of thioether (sulfide) groups is 1. The maximum Gasteiger partial charge on any atom is 0.187 e. The van der Waals surface area contributed by atoms with Crippen LogP contribution in [0.5, 0.6) is 5.75 Å². The molecule has 0 aliphatic rings. The topological polar surface area (TPSA) is 58.8 Å². The van der Waals surface area contributed by atoms with E-state index in [1.54, 1.807) is 18.3 Å². The second-order valence-electron chi connectivity index (χ2n) is 8.47. The van der Waals surface area contributed by atoms with Gasteiger partial charge in [-0.3, -0.25) is 0 Å². The highest BCUT2D eigenvalue weighted by molar-refractivity contribution is 7.98. The molecule has 0 aliphatic carbocycles. The summed E-state index contributed by atoms with van der Waals surface area (Å²) >= 11 is 14.2. The van der Waals surface area contributed by atoms with Crippen molar-refractivity contribution in [2.45, 2.75) is 44.9 Å². The summed E-state index contributed by atoms with van der Waals surface area (Å²) in [6.07, 6.45) is 3.68. The lowest BCUT2D eigenvalue weighted by Gasteiger charge is -2.27. The van der Waals surface area contributed by atoms with Crippen LogP contribution in [0.3, 0.4) is 0 Å². The highest BCUT2D eigenvalue weighted by Crippen LogP contribution is 2.39. The summed E-state index contributed by atoms with van der Waals surface area (Å²) in [6, 6.07) is 23.3. The Labute approximate surface area is 233 Å². The van der Waals surface area contributed by atoms with Crippen molar-refractivity contribution in [3.05, 3.63) is 105 Å². The van der Waals surface area contributed by atoms with Gasteiger partial charge in [0.05, 0.1) is 22.3 Å². The lowest BCUT2D eigenvalue weighted by atomic mass is 9.77. The molecular formula is C30H29Cl2N3OS. The largest absolute Gasteiger partial charge is 0.487 e. The highest BCUT2D eigenvalue weighted by Gasteiger charge is 2.26. The van der Waals surface area contributed by atoms with Gasteiger partial charge < -0.3 is 4.74 Å². The molecule has 1 heterocycles. The number of hydrogen-bond donors (Lipinski definition) is 0. The fourth-order valence-electron chi connectivity index (χ4n) is 3.81. The van der Waals surface area contributed by atoms with Gasteiger partial charge in [0.15, 0.2) is 5.16 Å². The Morgan fingerprint density at radius 1 is 0.946 bits per heavy atom. The van der Waals surface area contributed by atoms with Crippen molar-refractivity contribution >= 4 is 35.0 Å². The summed E-state index contributed by atoms with van der Waals surface area (Å²) in [5, 5.41) is 11.8. The number of rotatable bonds is 7. The zero-order valence-electron chi connectivity index (χ0n) is 21.5. The summed E-state index contributed by atoms with van der Waals surface area (Å²) in [6.45, 7) is 8.59. The standard InChI is InChI=1S/C28H23Cl2N3OS.C2H6/c1-28(2,20-6-10-24(11-7-20)34-17-23-12-13-32-27(33-23)35-3)21-14-19(16-31)26(25(30)15-21)18-4-8-22(29)9-5-18;1-2/h4-15H,17H2,1-3H3;1-2H3. The fourth-order valence-corrected chi connectivity index (χ4v) is 4.64. The second kappa shape index (κ2) is 13.0. The predicted molar refractivity (Wildman–Crippen MR) is 155 cm³/mol. The summed E-state index contributed by atoms with van der Waals surface area (Å²) in [5.74, 6) is 0.752. The van der Waals surface area contributed by atoms with E-state index in [9.17, 15) is 5.26 Å². The van der Waals surface area contributed by atoms with E-state index in [4.69, 9.17) is 27.9 Å². The molecule has 0 bridgehead atoms. The third kappa shape index (κ3) is 6.84. The van der Waals surface area contributed by atoms with Crippen molar-refractivity contribution in [3.63, 3.8) is 0 Å². The van der Waals surface area contributed by atoms with Gasteiger partial charge in [0, 0.05) is 22.2 Å². The van der Waals surface area contributed by atoms with Crippen LogP contribution < -0.4 is 4.74 Å². The van der Waals surface area contributed by atoms with Gasteiger partial charge in [-0.05, 0) is 65.4 Å². The molecule has 4 rings (SSSR count). The Morgan fingerprint density at radius 2 is 1.62 bits per heavy atom. The van der Waals surface area contributed by atoms with Crippen LogP contribution in [-0.2, 0) is 12.0 Å².